The molecule has 1 amide bonds. The van der Waals surface area contributed by atoms with E-state index < -0.39 is 18.0 Å². The predicted molar refractivity (Wildman–Crippen MR) is 166 cm³/mol. The number of carboxylic acid groups (broad SMARTS) is 2. The number of unbranched alkanes of at least 4 members (excludes halogenated alkanes) is 15. The van der Waals surface area contributed by atoms with E-state index in [1.165, 1.54) is 64.7 Å². The van der Waals surface area contributed by atoms with Crippen LogP contribution in [0.1, 0.15) is 148 Å². The topological polar surface area (TPSA) is 156 Å². The summed E-state index contributed by atoms with van der Waals surface area (Å²) in [6, 6.07) is -1.05. The quantitative estimate of drug-likeness (QED) is 0.0711. The van der Waals surface area contributed by atoms with Gasteiger partial charge in [0.05, 0.1) is 13.2 Å². The van der Waals surface area contributed by atoms with Crippen molar-refractivity contribution in [2.24, 2.45) is 0 Å². The molecule has 0 saturated carbocycles. The maximum absolute atomic E-state index is 12.2. The van der Waals surface area contributed by atoms with E-state index in [0.717, 1.165) is 44.9 Å². The number of aliphatic carboxylic acids is 2. The molecular weight excluding hydrogens is 554 g/mol. The van der Waals surface area contributed by atoms with Crippen molar-refractivity contribution in [2.45, 2.75) is 154 Å². The predicted octanol–water partition coefficient (Wildman–Crippen LogP) is 6.41. The largest absolute Gasteiger partial charge is 0.481 e. The number of hydrogen-bond acceptors (Lipinski definition) is 7. The van der Waals surface area contributed by atoms with E-state index in [2.05, 4.69) is 5.32 Å². The Balaban J connectivity index is 3.61. The summed E-state index contributed by atoms with van der Waals surface area (Å²) < 4.78 is 10.4. The van der Waals surface area contributed by atoms with Crippen LogP contribution in [0.15, 0.2) is 0 Å². The van der Waals surface area contributed by atoms with Gasteiger partial charge in [0.1, 0.15) is 18.4 Å². The zero-order valence-electron chi connectivity index (χ0n) is 26.7. The molecule has 0 spiro atoms. The van der Waals surface area contributed by atoms with Gasteiger partial charge in [0, 0.05) is 32.3 Å². The van der Waals surface area contributed by atoms with Gasteiger partial charge in [-0.3, -0.25) is 19.2 Å². The smallest absolute Gasteiger partial charge is 0.326 e. The molecule has 10 heteroatoms. The molecule has 0 aliphatic carbocycles. The van der Waals surface area contributed by atoms with Crippen molar-refractivity contribution < 1.29 is 43.7 Å². The first kappa shape index (κ1) is 40.7. The molecule has 0 fully saturated rings. The molecule has 3 N–H and O–H groups in total. The Morgan fingerprint density at radius 1 is 0.558 bits per heavy atom. The van der Waals surface area contributed by atoms with Gasteiger partial charge >= 0.3 is 11.9 Å². The molecular formula is C33H59NO9. The summed E-state index contributed by atoms with van der Waals surface area (Å²) in [4.78, 5) is 57.1. The maximum Gasteiger partial charge on any atom is 0.326 e. The summed E-state index contributed by atoms with van der Waals surface area (Å²) >= 11 is 0. The van der Waals surface area contributed by atoms with Crippen molar-refractivity contribution in [3.63, 3.8) is 0 Å². The van der Waals surface area contributed by atoms with Gasteiger partial charge in [-0.05, 0) is 32.6 Å². The van der Waals surface area contributed by atoms with E-state index in [4.69, 9.17) is 14.6 Å². The Morgan fingerprint density at radius 3 is 1.49 bits per heavy atom. The molecule has 0 aromatic carbocycles. The third-order valence-electron chi connectivity index (χ3n) is 7.31. The van der Waals surface area contributed by atoms with Crippen molar-refractivity contribution >= 4 is 29.4 Å². The lowest BCUT2D eigenvalue weighted by Gasteiger charge is -2.14. The highest BCUT2D eigenvalue weighted by Gasteiger charge is 2.20. The summed E-state index contributed by atoms with van der Waals surface area (Å²) in [7, 11) is 0. The minimum atomic E-state index is -1.12. The van der Waals surface area contributed by atoms with Gasteiger partial charge in [0.15, 0.2) is 5.78 Å². The fourth-order valence-corrected chi connectivity index (χ4v) is 4.80. The highest BCUT2D eigenvalue weighted by atomic mass is 16.5. The van der Waals surface area contributed by atoms with Crippen LogP contribution in [0.3, 0.4) is 0 Å². The molecule has 0 aliphatic heterocycles. The second-order valence-electron chi connectivity index (χ2n) is 11.6. The van der Waals surface area contributed by atoms with Crippen LogP contribution in [-0.4, -0.2) is 72.1 Å². The lowest BCUT2D eigenvalue weighted by Crippen LogP contribution is -2.41. The minimum absolute atomic E-state index is 0.0476. The second kappa shape index (κ2) is 29.7. The second-order valence-corrected chi connectivity index (χ2v) is 11.6. The number of hydrogen-bond donors (Lipinski definition) is 3. The van der Waals surface area contributed by atoms with Crippen LogP contribution < -0.4 is 5.32 Å². The van der Waals surface area contributed by atoms with Crippen molar-refractivity contribution in [2.75, 3.05) is 26.4 Å². The minimum Gasteiger partial charge on any atom is -0.481 e. The SMILES string of the molecule is CC(=O)COCCOCCCC(=O)CC[C@H](NC(=O)CCCCCCCCCCCCCCCCCCC(=O)O)C(=O)O. The molecule has 0 aliphatic rings. The lowest BCUT2D eigenvalue weighted by atomic mass is 10.0. The number of Topliss-reactive ketones (excluding diaryl/α,β-unsaturated/α-hetero) is 2. The standard InChI is InChI=1S/C33H59NO9/c1-28(35)27-43-26-25-42-24-18-19-29(36)22-23-30(33(40)41)34-31(37)20-16-14-12-10-8-6-4-2-3-5-7-9-11-13-15-17-21-32(38)39/h30H,2-27H2,1H3,(H,34,37)(H,38,39)(H,40,41)/t30-/m0/s1. The third-order valence-corrected chi connectivity index (χ3v) is 7.31. The van der Waals surface area contributed by atoms with Crippen molar-refractivity contribution in [3.8, 4) is 0 Å². The Labute approximate surface area is 259 Å². The van der Waals surface area contributed by atoms with E-state index in [0.29, 0.717) is 39.1 Å². The molecule has 10 nitrogen and oxygen atoms in total. The van der Waals surface area contributed by atoms with Crippen molar-refractivity contribution in [1.82, 2.24) is 5.32 Å². The number of rotatable bonds is 33. The average Bonchev–Trinajstić information content (AvgIpc) is 2.95. The zero-order valence-corrected chi connectivity index (χ0v) is 26.7. The molecule has 43 heavy (non-hydrogen) atoms. The van der Waals surface area contributed by atoms with Gasteiger partial charge < -0.3 is 25.0 Å². The van der Waals surface area contributed by atoms with Crippen LogP contribution in [0.4, 0.5) is 0 Å². The number of ether oxygens (including phenoxy) is 2. The van der Waals surface area contributed by atoms with Crippen molar-refractivity contribution in [3.05, 3.63) is 0 Å². The molecule has 0 aromatic heterocycles. The summed E-state index contributed by atoms with van der Waals surface area (Å²) in [5.74, 6) is -2.21. The van der Waals surface area contributed by atoms with Gasteiger partial charge in [0.25, 0.3) is 0 Å². The van der Waals surface area contributed by atoms with E-state index in [9.17, 15) is 29.1 Å². The number of amides is 1. The highest BCUT2D eigenvalue weighted by molar-refractivity contribution is 5.84. The molecule has 0 bridgehead atoms. The number of carbonyl (C=O) groups excluding carboxylic acids is 3. The number of nitrogens with one attached hydrogen (secondary N) is 1. The van der Waals surface area contributed by atoms with E-state index >= 15 is 0 Å². The first-order chi connectivity index (χ1) is 20.7. The van der Waals surface area contributed by atoms with Crippen LogP contribution in [-0.2, 0) is 33.4 Å². The third kappa shape index (κ3) is 30.9. The molecule has 1 atom stereocenters. The fourth-order valence-electron chi connectivity index (χ4n) is 4.80. The summed E-state index contributed by atoms with van der Waals surface area (Å²) in [6.45, 7) is 2.56. The number of carbonyl (C=O) groups is 5. The molecule has 250 valence electrons. The Kier molecular flexibility index (Phi) is 28.1. The molecule has 0 saturated heterocycles. The van der Waals surface area contributed by atoms with Crippen LogP contribution >= 0.6 is 0 Å². The fraction of sp³-hybridized carbons (Fsp3) is 0.848. The van der Waals surface area contributed by atoms with Crippen LogP contribution in [0.2, 0.25) is 0 Å². The van der Waals surface area contributed by atoms with Gasteiger partial charge in [-0.25, -0.2) is 4.79 Å². The lowest BCUT2D eigenvalue weighted by molar-refractivity contribution is -0.142. The van der Waals surface area contributed by atoms with Crippen LogP contribution in [0.25, 0.3) is 0 Å². The van der Waals surface area contributed by atoms with E-state index in [-0.39, 0.29) is 43.3 Å². The molecule has 0 unspecified atom stereocenters. The van der Waals surface area contributed by atoms with Crippen LogP contribution in [0, 0.1) is 0 Å². The maximum atomic E-state index is 12.2. The molecule has 0 rings (SSSR count). The van der Waals surface area contributed by atoms with E-state index in [1.54, 1.807) is 0 Å². The number of carboxylic acids is 2. The van der Waals surface area contributed by atoms with Gasteiger partial charge in [-0.1, -0.05) is 89.9 Å². The first-order valence-corrected chi connectivity index (χ1v) is 16.6. The summed E-state index contributed by atoms with van der Waals surface area (Å²) in [5.41, 5.74) is 0. The zero-order chi connectivity index (χ0) is 32.0. The average molecular weight is 614 g/mol. The number of ketones is 2. The monoisotopic (exact) mass is 613 g/mol. The Bertz CT molecular complexity index is 757. The van der Waals surface area contributed by atoms with Crippen LogP contribution in [0.5, 0.6) is 0 Å². The normalized spacial score (nSPS) is 11.7. The Morgan fingerprint density at radius 2 is 1.02 bits per heavy atom. The van der Waals surface area contributed by atoms with Gasteiger partial charge in [0.2, 0.25) is 5.91 Å². The summed E-state index contributed by atoms with van der Waals surface area (Å²) in [5, 5.41) is 20.6. The van der Waals surface area contributed by atoms with Gasteiger partial charge in [-0.15, -0.1) is 0 Å². The summed E-state index contributed by atoms with van der Waals surface area (Å²) in [6.07, 6.45) is 19.8. The molecule has 0 radical (unpaired) electrons. The Hall–Kier alpha value is -2.33. The van der Waals surface area contributed by atoms with Gasteiger partial charge in [-0.2, -0.15) is 0 Å². The first-order valence-electron chi connectivity index (χ1n) is 16.6. The van der Waals surface area contributed by atoms with E-state index in [1.807, 2.05) is 0 Å². The highest BCUT2D eigenvalue weighted by Crippen LogP contribution is 2.14. The van der Waals surface area contributed by atoms with Crippen molar-refractivity contribution in [1.29, 1.82) is 0 Å². The molecule has 0 aromatic rings. The molecule has 0 heterocycles.